The fourth-order valence-electron chi connectivity index (χ4n) is 2.99. The Bertz CT molecular complexity index is 438. The molecule has 102 valence electrons. The quantitative estimate of drug-likeness (QED) is 0.764. The average Bonchev–Trinajstić information content (AvgIpc) is 3.32. The Morgan fingerprint density at radius 1 is 1.26 bits per heavy atom. The van der Waals surface area contributed by atoms with Crippen LogP contribution in [-0.4, -0.2) is 23.9 Å². The highest BCUT2D eigenvalue weighted by Crippen LogP contribution is 2.48. The predicted molar refractivity (Wildman–Crippen MR) is 76.9 cm³/mol. The summed E-state index contributed by atoms with van der Waals surface area (Å²) in [4.78, 5) is 14.4. The molecule has 2 atom stereocenters. The van der Waals surface area contributed by atoms with Gasteiger partial charge in [-0.05, 0) is 43.1 Å². The van der Waals surface area contributed by atoms with Crippen LogP contribution in [0.25, 0.3) is 0 Å². The Kier molecular flexibility index (Phi) is 3.58. The lowest BCUT2D eigenvalue weighted by Crippen LogP contribution is -2.34. The Balaban J connectivity index is 1.57. The summed E-state index contributed by atoms with van der Waals surface area (Å²) in [5, 5.41) is 0. The third-order valence-corrected chi connectivity index (χ3v) is 4.34. The van der Waals surface area contributed by atoms with Crippen LogP contribution in [0, 0.1) is 11.8 Å². The van der Waals surface area contributed by atoms with Gasteiger partial charge in [0, 0.05) is 19.0 Å². The predicted octanol–water partition coefficient (Wildman–Crippen LogP) is 3.44. The Hall–Kier alpha value is -1.31. The van der Waals surface area contributed by atoms with Gasteiger partial charge in [-0.1, -0.05) is 37.3 Å². The summed E-state index contributed by atoms with van der Waals surface area (Å²) in [5.74, 6) is 2.16. The van der Waals surface area contributed by atoms with E-state index in [2.05, 4.69) is 42.2 Å². The second kappa shape index (κ2) is 5.36. The normalized spacial score (nSPS) is 25.1. The van der Waals surface area contributed by atoms with Crippen molar-refractivity contribution in [2.45, 2.75) is 38.5 Å². The first kappa shape index (κ1) is 12.7. The van der Waals surface area contributed by atoms with Crippen LogP contribution < -0.4 is 0 Å². The van der Waals surface area contributed by atoms with Gasteiger partial charge in [0.2, 0.25) is 5.91 Å². The summed E-state index contributed by atoms with van der Waals surface area (Å²) in [6.07, 6.45) is 4.56. The molecule has 0 radical (unpaired) electrons. The van der Waals surface area contributed by atoms with Crippen molar-refractivity contribution in [2.75, 3.05) is 13.1 Å². The first-order valence-electron chi connectivity index (χ1n) is 7.63. The lowest BCUT2D eigenvalue weighted by molar-refractivity contribution is -0.132. The highest BCUT2D eigenvalue weighted by Gasteiger charge is 2.41. The van der Waals surface area contributed by atoms with E-state index in [9.17, 15) is 4.79 Å². The van der Waals surface area contributed by atoms with Gasteiger partial charge in [-0.15, -0.1) is 0 Å². The van der Waals surface area contributed by atoms with E-state index in [-0.39, 0.29) is 0 Å². The second-order valence-electron chi connectivity index (χ2n) is 6.07. The van der Waals surface area contributed by atoms with E-state index in [1.165, 1.54) is 12.0 Å². The van der Waals surface area contributed by atoms with Crippen LogP contribution in [0.3, 0.4) is 0 Å². The molecule has 3 rings (SSSR count). The molecular weight excluding hydrogens is 234 g/mol. The lowest BCUT2D eigenvalue weighted by Gasteiger charge is -2.22. The molecule has 2 aliphatic carbocycles. The van der Waals surface area contributed by atoms with Crippen LogP contribution in [0.15, 0.2) is 30.3 Å². The lowest BCUT2D eigenvalue weighted by atomic mass is 10.1. The molecule has 2 fully saturated rings. The fraction of sp³-hybridized carbons (Fsp3) is 0.588. The highest BCUT2D eigenvalue weighted by atomic mass is 16.2. The zero-order chi connectivity index (χ0) is 13.2. The highest BCUT2D eigenvalue weighted by molar-refractivity contribution is 5.81. The minimum Gasteiger partial charge on any atom is -0.342 e. The number of hydrogen-bond donors (Lipinski definition) is 0. The minimum absolute atomic E-state index is 0.362. The van der Waals surface area contributed by atoms with Gasteiger partial charge in [-0.2, -0.15) is 0 Å². The first-order chi connectivity index (χ1) is 9.29. The van der Waals surface area contributed by atoms with Crippen molar-refractivity contribution in [3.05, 3.63) is 35.9 Å². The number of carbonyl (C=O) groups excluding carboxylic acids is 1. The molecule has 1 aromatic rings. The molecule has 0 saturated heterocycles. The van der Waals surface area contributed by atoms with Crippen molar-refractivity contribution in [1.82, 2.24) is 4.90 Å². The molecule has 2 heteroatoms. The molecule has 0 bridgehead atoms. The van der Waals surface area contributed by atoms with E-state index < -0.39 is 0 Å². The van der Waals surface area contributed by atoms with E-state index >= 15 is 0 Å². The molecule has 1 aromatic carbocycles. The number of benzene rings is 1. The van der Waals surface area contributed by atoms with Crippen molar-refractivity contribution >= 4 is 5.91 Å². The van der Waals surface area contributed by atoms with Crippen molar-refractivity contribution in [1.29, 1.82) is 0 Å². The maximum absolute atomic E-state index is 12.2. The Morgan fingerprint density at radius 3 is 2.63 bits per heavy atom. The molecule has 2 nitrogen and oxygen atoms in total. The number of hydrogen-bond acceptors (Lipinski definition) is 1. The van der Waals surface area contributed by atoms with E-state index in [4.69, 9.17) is 0 Å². The summed E-state index contributed by atoms with van der Waals surface area (Å²) < 4.78 is 0. The monoisotopic (exact) mass is 257 g/mol. The topological polar surface area (TPSA) is 20.3 Å². The van der Waals surface area contributed by atoms with Crippen LogP contribution in [-0.2, 0) is 4.79 Å². The number of amides is 1. The van der Waals surface area contributed by atoms with Crippen LogP contribution in [0.2, 0.25) is 0 Å². The van der Waals surface area contributed by atoms with Gasteiger partial charge in [0.05, 0.1) is 0 Å². The zero-order valence-corrected chi connectivity index (χ0v) is 11.7. The maximum Gasteiger partial charge on any atom is 0.225 e. The van der Waals surface area contributed by atoms with Gasteiger partial charge < -0.3 is 4.90 Å². The van der Waals surface area contributed by atoms with Crippen molar-refractivity contribution in [2.24, 2.45) is 11.8 Å². The first-order valence-corrected chi connectivity index (χ1v) is 7.63. The molecule has 0 aromatic heterocycles. The minimum atomic E-state index is 0.362. The average molecular weight is 257 g/mol. The molecule has 19 heavy (non-hydrogen) atoms. The number of carbonyl (C=O) groups is 1. The standard InChI is InChI=1S/C17H23NO/c1-2-10-18(17(19)14-8-9-14)12-15-11-16(15)13-6-4-3-5-7-13/h3-7,14-16H,2,8-12H2,1H3/t15-,16?/m1/s1. The summed E-state index contributed by atoms with van der Waals surface area (Å²) in [7, 11) is 0. The summed E-state index contributed by atoms with van der Waals surface area (Å²) in [6, 6.07) is 10.7. The molecule has 2 saturated carbocycles. The van der Waals surface area contributed by atoms with Crippen LogP contribution >= 0.6 is 0 Å². The van der Waals surface area contributed by atoms with E-state index in [0.29, 0.717) is 23.7 Å². The molecular formula is C17H23NO. The fourth-order valence-corrected chi connectivity index (χ4v) is 2.99. The Labute approximate surface area is 115 Å². The van der Waals surface area contributed by atoms with Crippen molar-refractivity contribution in [3.63, 3.8) is 0 Å². The van der Waals surface area contributed by atoms with E-state index in [0.717, 1.165) is 32.4 Å². The van der Waals surface area contributed by atoms with Gasteiger partial charge in [0.25, 0.3) is 0 Å². The van der Waals surface area contributed by atoms with Crippen molar-refractivity contribution < 1.29 is 4.79 Å². The van der Waals surface area contributed by atoms with Crippen LogP contribution in [0.4, 0.5) is 0 Å². The molecule has 0 heterocycles. The smallest absolute Gasteiger partial charge is 0.225 e. The molecule has 0 aliphatic heterocycles. The molecule has 1 amide bonds. The summed E-state index contributed by atoms with van der Waals surface area (Å²) in [5.41, 5.74) is 1.45. The zero-order valence-electron chi connectivity index (χ0n) is 11.7. The van der Waals surface area contributed by atoms with E-state index in [1.807, 2.05) is 0 Å². The SMILES string of the molecule is CCCN(C[C@H]1CC1c1ccccc1)C(=O)C1CC1. The largest absolute Gasteiger partial charge is 0.342 e. The van der Waals surface area contributed by atoms with Crippen molar-refractivity contribution in [3.8, 4) is 0 Å². The van der Waals surface area contributed by atoms with Gasteiger partial charge in [-0.25, -0.2) is 0 Å². The van der Waals surface area contributed by atoms with Gasteiger partial charge in [0.15, 0.2) is 0 Å². The third kappa shape index (κ3) is 2.99. The summed E-state index contributed by atoms with van der Waals surface area (Å²) in [6.45, 7) is 4.07. The molecule has 0 N–H and O–H groups in total. The third-order valence-electron chi connectivity index (χ3n) is 4.34. The maximum atomic E-state index is 12.2. The number of nitrogens with zero attached hydrogens (tertiary/aromatic N) is 1. The molecule has 0 spiro atoms. The number of rotatable bonds is 6. The molecule has 1 unspecified atom stereocenters. The molecule has 2 aliphatic rings. The van der Waals surface area contributed by atoms with Crippen LogP contribution in [0.5, 0.6) is 0 Å². The van der Waals surface area contributed by atoms with Gasteiger partial charge in [-0.3, -0.25) is 4.79 Å². The Morgan fingerprint density at radius 2 is 2.00 bits per heavy atom. The van der Waals surface area contributed by atoms with Gasteiger partial charge >= 0.3 is 0 Å². The van der Waals surface area contributed by atoms with E-state index in [1.54, 1.807) is 0 Å². The second-order valence-corrected chi connectivity index (χ2v) is 6.07. The van der Waals surface area contributed by atoms with Gasteiger partial charge in [0.1, 0.15) is 0 Å². The van der Waals surface area contributed by atoms with Crippen LogP contribution in [0.1, 0.15) is 44.1 Å². The summed E-state index contributed by atoms with van der Waals surface area (Å²) >= 11 is 0.